The van der Waals surface area contributed by atoms with Crippen molar-refractivity contribution in [3.8, 4) is 0 Å². The maximum Gasteiger partial charge on any atom is 0.149 e. The quantitative estimate of drug-likeness (QED) is 0.721. The summed E-state index contributed by atoms with van der Waals surface area (Å²) in [6, 6.07) is 0.674. The minimum Gasteiger partial charge on any atom is -0.298 e. The summed E-state index contributed by atoms with van der Waals surface area (Å²) in [5.41, 5.74) is 0. The van der Waals surface area contributed by atoms with Gasteiger partial charge in [-0.05, 0) is 57.4 Å². The van der Waals surface area contributed by atoms with Gasteiger partial charge in [0.25, 0.3) is 0 Å². The van der Waals surface area contributed by atoms with Gasteiger partial charge in [-0.25, -0.2) is 0 Å². The van der Waals surface area contributed by atoms with Gasteiger partial charge in [0.15, 0.2) is 0 Å². The summed E-state index contributed by atoms with van der Waals surface area (Å²) in [5.74, 6) is 1.40. The third-order valence-corrected chi connectivity index (χ3v) is 7.00. The summed E-state index contributed by atoms with van der Waals surface area (Å²) in [6.45, 7) is 1.77. The number of piperidine rings is 1. The van der Waals surface area contributed by atoms with Crippen LogP contribution >= 0.6 is 23.2 Å². The highest BCUT2D eigenvalue weighted by Gasteiger charge is 2.36. The van der Waals surface area contributed by atoms with Crippen LogP contribution in [0.3, 0.4) is 0 Å². The molecule has 0 aromatic heterocycles. The van der Waals surface area contributed by atoms with Crippen molar-refractivity contribution in [3.05, 3.63) is 0 Å². The first-order valence-electron chi connectivity index (χ1n) is 8.70. The average Bonchev–Trinajstić information content (AvgIpc) is 2.50. The van der Waals surface area contributed by atoms with Crippen LogP contribution in [-0.4, -0.2) is 40.6 Å². The van der Waals surface area contributed by atoms with Crippen LogP contribution in [-0.2, 0) is 4.79 Å². The summed E-state index contributed by atoms with van der Waals surface area (Å²) in [7, 11) is 0. The van der Waals surface area contributed by atoms with Gasteiger partial charge in [0.2, 0.25) is 0 Å². The number of halogens is 2. The zero-order valence-electron chi connectivity index (χ0n) is 12.8. The molecule has 0 aromatic rings. The average molecular weight is 332 g/mol. The molecular formula is C17H27Cl2NO. The Balaban J connectivity index is 1.56. The number of likely N-dealkylation sites (tertiary alicyclic amines) is 1. The first kappa shape index (κ1) is 16.1. The lowest BCUT2D eigenvalue weighted by Crippen LogP contribution is -2.49. The summed E-state index contributed by atoms with van der Waals surface area (Å²) in [6.07, 6.45) is 10.6. The SMILES string of the molecule is O=C(CN1CCCC2CCCCC21)C1CCC(Cl)C(Cl)C1. The summed E-state index contributed by atoms with van der Waals surface area (Å²) in [5, 5.41) is 0.0200. The smallest absolute Gasteiger partial charge is 0.149 e. The first-order valence-corrected chi connectivity index (χ1v) is 9.57. The number of hydrogen-bond donors (Lipinski definition) is 0. The van der Waals surface area contributed by atoms with Crippen molar-refractivity contribution in [3.63, 3.8) is 0 Å². The zero-order valence-corrected chi connectivity index (χ0v) is 14.3. The van der Waals surface area contributed by atoms with Crippen molar-refractivity contribution in [1.29, 1.82) is 0 Å². The maximum atomic E-state index is 12.6. The molecule has 3 fully saturated rings. The molecule has 1 heterocycles. The fourth-order valence-electron chi connectivity index (χ4n) is 4.62. The van der Waals surface area contributed by atoms with Crippen molar-refractivity contribution >= 4 is 29.0 Å². The van der Waals surface area contributed by atoms with Crippen molar-refractivity contribution in [1.82, 2.24) is 4.90 Å². The molecule has 3 rings (SSSR count). The number of alkyl halides is 2. The minimum absolute atomic E-state index is 0.0295. The van der Waals surface area contributed by atoms with E-state index in [4.69, 9.17) is 23.2 Å². The molecule has 2 aliphatic carbocycles. The highest BCUT2D eigenvalue weighted by Crippen LogP contribution is 2.36. The fraction of sp³-hybridized carbons (Fsp3) is 0.941. The Morgan fingerprint density at radius 2 is 1.71 bits per heavy atom. The van der Waals surface area contributed by atoms with Crippen molar-refractivity contribution in [2.75, 3.05) is 13.1 Å². The fourth-order valence-corrected chi connectivity index (χ4v) is 5.19. The largest absolute Gasteiger partial charge is 0.298 e. The number of fused-ring (bicyclic) bond motifs is 1. The van der Waals surface area contributed by atoms with Gasteiger partial charge in [-0.15, -0.1) is 23.2 Å². The molecule has 1 aliphatic heterocycles. The van der Waals surface area contributed by atoms with Gasteiger partial charge in [0.05, 0.1) is 11.9 Å². The molecule has 0 radical (unpaired) electrons. The molecule has 1 saturated heterocycles. The molecule has 0 spiro atoms. The van der Waals surface area contributed by atoms with E-state index in [9.17, 15) is 4.79 Å². The highest BCUT2D eigenvalue weighted by atomic mass is 35.5. The van der Waals surface area contributed by atoms with Crippen LogP contribution in [0, 0.1) is 11.8 Å². The third-order valence-electron chi connectivity index (χ3n) is 5.87. The van der Waals surface area contributed by atoms with E-state index in [2.05, 4.69) is 4.90 Å². The van der Waals surface area contributed by atoms with Crippen LogP contribution in [0.25, 0.3) is 0 Å². The van der Waals surface area contributed by atoms with Gasteiger partial charge >= 0.3 is 0 Å². The summed E-state index contributed by atoms with van der Waals surface area (Å²) in [4.78, 5) is 15.1. The Bertz CT molecular complexity index is 374. The number of hydrogen-bond acceptors (Lipinski definition) is 2. The van der Waals surface area contributed by atoms with Crippen LogP contribution in [0.4, 0.5) is 0 Å². The third kappa shape index (κ3) is 3.76. The number of ketones is 1. The van der Waals surface area contributed by atoms with Gasteiger partial charge in [-0.1, -0.05) is 12.8 Å². The van der Waals surface area contributed by atoms with Gasteiger partial charge in [0.1, 0.15) is 5.78 Å². The summed E-state index contributed by atoms with van der Waals surface area (Å²) < 4.78 is 0. The van der Waals surface area contributed by atoms with E-state index < -0.39 is 0 Å². The Labute approximate surface area is 138 Å². The topological polar surface area (TPSA) is 20.3 Å². The Kier molecular flexibility index (Phi) is 5.50. The lowest BCUT2D eigenvalue weighted by molar-refractivity contribution is -0.126. The Morgan fingerprint density at radius 3 is 2.52 bits per heavy atom. The van der Waals surface area contributed by atoms with E-state index in [1.807, 2.05) is 0 Å². The molecule has 5 atom stereocenters. The Morgan fingerprint density at radius 1 is 0.952 bits per heavy atom. The molecular weight excluding hydrogens is 305 g/mol. The minimum atomic E-state index is -0.0295. The lowest BCUT2D eigenvalue weighted by atomic mass is 9.78. The van der Waals surface area contributed by atoms with Gasteiger partial charge in [-0.3, -0.25) is 9.69 Å². The van der Waals surface area contributed by atoms with Crippen molar-refractivity contribution in [2.24, 2.45) is 11.8 Å². The molecule has 0 bridgehead atoms. The van der Waals surface area contributed by atoms with E-state index in [1.54, 1.807) is 0 Å². The molecule has 21 heavy (non-hydrogen) atoms. The first-order chi connectivity index (χ1) is 10.1. The molecule has 0 N–H and O–H groups in total. The van der Waals surface area contributed by atoms with Crippen molar-refractivity contribution < 1.29 is 4.79 Å². The highest BCUT2D eigenvalue weighted by molar-refractivity contribution is 6.30. The van der Waals surface area contributed by atoms with E-state index >= 15 is 0 Å². The van der Waals surface area contributed by atoms with Gasteiger partial charge < -0.3 is 0 Å². The second-order valence-electron chi connectivity index (χ2n) is 7.23. The van der Waals surface area contributed by atoms with Crippen LogP contribution in [0.15, 0.2) is 0 Å². The van der Waals surface area contributed by atoms with Gasteiger partial charge in [-0.2, -0.15) is 0 Å². The van der Waals surface area contributed by atoms with E-state index in [1.165, 1.54) is 38.5 Å². The Hall–Kier alpha value is 0.210. The number of carbonyl (C=O) groups is 1. The maximum absolute atomic E-state index is 12.6. The predicted molar refractivity (Wildman–Crippen MR) is 88.2 cm³/mol. The molecule has 2 saturated carbocycles. The monoisotopic (exact) mass is 331 g/mol. The molecule has 5 unspecified atom stereocenters. The van der Waals surface area contributed by atoms with E-state index in [0.717, 1.165) is 31.7 Å². The normalized spacial score (nSPS) is 41.5. The van der Waals surface area contributed by atoms with Crippen LogP contribution in [0.5, 0.6) is 0 Å². The molecule has 0 amide bonds. The summed E-state index contributed by atoms with van der Waals surface area (Å²) >= 11 is 12.4. The zero-order chi connectivity index (χ0) is 14.8. The van der Waals surface area contributed by atoms with Crippen LogP contribution < -0.4 is 0 Å². The second-order valence-corrected chi connectivity index (χ2v) is 8.35. The van der Waals surface area contributed by atoms with E-state index in [0.29, 0.717) is 18.4 Å². The molecule has 2 nitrogen and oxygen atoms in total. The standard InChI is InChI=1S/C17H27Cl2NO/c18-14-8-7-13(10-15(14)19)17(21)11-20-9-3-5-12-4-1-2-6-16(12)20/h12-16H,1-11H2. The molecule has 120 valence electrons. The number of nitrogens with zero attached hydrogens (tertiary/aromatic N) is 1. The number of Topliss-reactive ketones (excluding diaryl/α,β-unsaturated/α-hetero) is 1. The van der Waals surface area contributed by atoms with E-state index in [-0.39, 0.29) is 16.7 Å². The molecule has 0 aromatic carbocycles. The van der Waals surface area contributed by atoms with Crippen LogP contribution in [0.2, 0.25) is 0 Å². The predicted octanol–water partition coefficient (Wildman–Crippen LogP) is 4.23. The molecule has 3 aliphatic rings. The number of rotatable bonds is 3. The lowest BCUT2D eigenvalue weighted by Gasteiger charge is -2.44. The molecule has 4 heteroatoms. The second kappa shape index (κ2) is 7.19. The number of carbonyl (C=O) groups excluding carboxylic acids is 1. The van der Waals surface area contributed by atoms with Gasteiger partial charge in [0, 0.05) is 17.3 Å². The van der Waals surface area contributed by atoms with Crippen LogP contribution in [0.1, 0.15) is 57.8 Å². The van der Waals surface area contributed by atoms with Crippen molar-refractivity contribution in [2.45, 2.75) is 74.6 Å².